The number of nitro benzene ring substituents is 1. The third-order valence-corrected chi connectivity index (χ3v) is 5.31. The largest absolute Gasteiger partial charge is 0.343 e. The molecule has 7 nitrogen and oxygen atoms in total. The Morgan fingerprint density at radius 1 is 1.40 bits per heavy atom. The first-order valence-corrected chi connectivity index (χ1v) is 8.73. The first kappa shape index (κ1) is 17.1. The predicted octanol–water partition coefficient (Wildman–Crippen LogP) is 2.53. The van der Waals surface area contributed by atoms with Crippen molar-refractivity contribution in [2.24, 2.45) is 0 Å². The van der Waals surface area contributed by atoms with Crippen molar-refractivity contribution in [3.05, 3.63) is 61.8 Å². The molecule has 1 aromatic heterocycles. The molecule has 25 heavy (non-hydrogen) atoms. The van der Waals surface area contributed by atoms with Crippen LogP contribution in [0, 0.1) is 10.1 Å². The molecule has 2 heterocycles. The smallest absolute Gasteiger partial charge is 0.270 e. The lowest BCUT2D eigenvalue weighted by Gasteiger charge is -2.33. The molecule has 130 valence electrons. The monoisotopic (exact) mass is 359 g/mol. The van der Waals surface area contributed by atoms with E-state index in [9.17, 15) is 19.7 Å². The number of carbonyl (C=O) groups excluding carboxylic acids is 2. The molecule has 0 bridgehead atoms. The van der Waals surface area contributed by atoms with Crippen LogP contribution < -0.4 is 5.32 Å². The number of nitro groups is 1. The van der Waals surface area contributed by atoms with Gasteiger partial charge in [0.1, 0.15) is 0 Å². The van der Waals surface area contributed by atoms with Gasteiger partial charge in [-0.1, -0.05) is 6.07 Å². The van der Waals surface area contributed by atoms with Crippen LogP contribution in [0.3, 0.4) is 0 Å². The van der Waals surface area contributed by atoms with E-state index in [1.807, 2.05) is 18.4 Å². The van der Waals surface area contributed by atoms with Crippen LogP contribution in [0.15, 0.2) is 35.7 Å². The second-order valence-corrected chi connectivity index (χ2v) is 6.80. The molecule has 0 aliphatic carbocycles. The minimum atomic E-state index is -0.560. The average Bonchev–Trinajstić information content (AvgIpc) is 3.09. The summed E-state index contributed by atoms with van der Waals surface area (Å²) in [6.45, 7) is 2.47. The van der Waals surface area contributed by atoms with Gasteiger partial charge in [0.2, 0.25) is 5.91 Å². The van der Waals surface area contributed by atoms with Gasteiger partial charge in [-0.2, -0.15) is 0 Å². The summed E-state index contributed by atoms with van der Waals surface area (Å²) in [6.07, 6.45) is 0.821. The molecule has 0 spiro atoms. The number of hydrogen-bond donors (Lipinski definition) is 1. The van der Waals surface area contributed by atoms with Gasteiger partial charge >= 0.3 is 0 Å². The van der Waals surface area contributed by atoms with Crippen molar-refractivity contribution in [3.8, 4) is 0 Å². The fourth-order valence-electron chi connectivity index (χ4n) is 2.97. The number of rotatable bonds is 4. The van der Waals surface area contributed by atoms with Crippen LogP contribution in [0.5, 0.6) is 0 Å². The molecule has 1 aliphatic heterocycles. The Balaban J connectivity index is 1.62. The molecule has 3 rings (SSSR count). The van der Waals surface area contributed by atoms with Gasteiger partial charge in [-0.25, -0.2) is 0 Å². The topological polar surface area (TPSA) is 92.6 Å². The molecular formula is C17H17N3O4S. The van der Waals surface area contributed by atoms with E-state index in [1.165, 1.54) is 29.1 Å². The van der Waals surface area contributed by atoms with E-state index in [0.717, 1.165) is 12.0 Å². The molecule has 0 radical (unpaired) electrons. The highest BCUT2D eigenvalue weighted by molar-refractivity contribution is 7.10. The van der Waals surface area contributed by atoms with Crippen LogP contribution in [0.4, 0.5) is 5.69 Å². The highest BCUT2D eigenvalue weighted by Crippen LogP contribution is 2.32. The highest BCUT2D eigenvalue weighted by Gasteiger charge is 2.28. The number of carbonyl (C=O) groups is 2. The summed E-state index contributed by atoms with van der Waals surface area (Å²) in [7, 11) is 0. The molecule has 2 amide bonds. The first-order chi connectivity index (χ1) is 12.0. The predicted molar refractivity (Wildman–Crippen MR) is 93.6 cm³/mol. The molecule has 1 aromatic carbocycles. The van der Waals surface area contributed by atoms with E-state index in [0.29, 0.717) is 6.54 Å². The zero-order valence-electron chi connectivity index (χ0n) is 13.6. The Labute approximate surface area is 148 Å². The number of benzene rings is 1. The van der Waals surface area contributed by atoms with Gasteiger partial charge in [-0.15, -0.1) is 11.3 Å². The lowest BCUT2D eigenvalue weighted by Crippen LogP contribution is -2.44. The van der Waals surface area contributed by atoms with Crippen molar-refractivity contribution >= 4 is 28.8 Å². The SMILES string of the molecule is C[C@@H]1c2ccsc2CCN1C(=O)CNC(=O)c1cccc([N+](=O)[O-])c1. The quantitative estimate of drug-likeness (QED) is 0.671. The number of amides is 2. The summed E-state index contributed by atoms with van der Waals surface area (Å²) in [5, 5.41) is 15.4. The van der Waals surface area contributed by atoms with Crippen LogP contribution in [0.25, 0.3) is 0 Å². The molecule has 0 fully saturated rings. The Morgan fingerprint density at radius 2 is 2.20 bits per heavy atom. The van der Waals surface area contributed by atoms with Crippen LogP contribution in [0.1, 0.15) is 33.8 Å². The number of hydrogen-bond acceptors (Lipinski definition) is 5. The van der Waals surface area contributed by atoms with E-state index in [2.05, 4.69) is 5.32 Å². The maximum absolute atomic E-state index is 12.5. The van der Waals surface area contributed by atoms with E-state index in [1.54, 1.807) is 16.2 Å². The minimum absolute atomic E-state index is 0.0165. The van der Waals surface area contributed by atoms with Crippen LogP contribution in [0.2, 0.25) is 0 Å². The minimum Gasteiger partial charge on any atom is -0.343 e. The number of thiophene rings is 1. The highest BCUT2D eigenvalue weighted by atomic mass is 32.1. The summed E-state index contributed by atoms with van der Waals surface area (Å²) < 4.78 is 0. The van der Waals surface area contributed by atoms with Crippen molar-refractivity contribution in [2.75, 3.05) is 13.1 Å². The zero-order chi connectivity index (χ0) is 18.0. The Kier molecular flexibility index (Phi) is 4.80. The third kappa shape index (κ3) is 3.53. The fourth-order valence-corrected chi connectivity index (χ4v) is 3.93. The van der Waals surface area contributed by atoms with Gasteiger partial charge in [0.25, 0.3) is 11.6 Å². The van der Waals surface area contributed by atoms with Crippen LogP contribution >= 0.6 is 11.3 Å². The number of nitrogens with one attached hydrogen (secondary N) is 1. The summed E-state index contributed by atoms with van der Waals surface area (Å²) in [6, 6.07) is 7.45. The van der Waals surface area contributed by atoms with E-state index in [-0.39, 0.29) is 29.7 Å². The van der Waals surface area contributed by atoms with E-state index in [4.69, 9.17) is 0 Å². The lowest BCUT2D eigenvalue weighted by molar-refractivity contribution is -0.384. The molecule has 1 atom stereocenters. The molecule has 8 heteroatoms. The molecule has 0 saturated heterocycles. The van der Waals surface area contributed by atoms with Gasteiger partial charge in [-0.3, -0.25) is 19.7 Å². The molecule has 2 aromatic rings. The summed E-state index contributed by atoms with van der Waals surface area (Å²) in [4.78, 5) is 37.9. The summed E-state index contributed by atoms with van der Waals surface area (Å²) >= 11 is 1.70. The number of non-ortho nitro benzene ring substituents is 1. The van der Waals surface area contributed by atoms with Crippen LogP contribution in [-0.4, -0.2) is 34.7 Å². The molecular weight excluding hydrogens is 342 g/mol. The molecule has 0 unspecified atom stereocenters. The lowest BCUT2D eigenvalue weighted by atomic mass is 10.0. The normalized spacial score (nSPS) is 16.2. The molecule has 1 N–H and O–H groups in total. The number of fused-ring (bicyclic) bond motifs is 1. The summed E-state index contributed by atoms with van der Waals surface area (Å²) in [5.74, 6) is -0.666. The van der Waals surface area contributed by atoms with Gasteiger partial charge < -0.3 is 10.2 Å². The molecule has 1 aliphatic rings. The Hall–Kier alpha value is -2.74. The van der Waals surface area contributed by atoms with Crippen molar-refractivity contribution in [3.63, 3.8) is 0 Å². The fraction of sp³-hybridized carbons (Fsp3) is 0.294. The Bertz CT molecular complexity index is 833. The summed E-state index contributed by atoms with van der Waals surface area (Å²) in [5.41, 5.74) is 1.16. The zero-order valence-corrected chi connectivity index (χ0v) is 14.4. The first-order valence-electron chi connectivity index (χ1n) is 7.85. The second kappa shape index (κ2) is 7.02. The van der Waals surface area contributed by atoms with Crippen molar-refractivity contribution < 1.29 is 14.5 Å². The average molecular weight is 359 g/mol. The molecule has 0 saturated carbocycles. The second-order valence-electron chi connectivity index (χ2n) is 5.80. The van der Waals surface area contributed by atoms with Crippen molar-refractivity contribution in [2.45, 2.75) is 19.4 Å². The maximum Gasteiger partial charge on any atom is 0.270 e. The van der Waals surface area contributed by atoms with Gasteiger partial charge in [0.05, 0.1) is 17.5 Å². The van der Waals surface area contributed by atoms with Crippen LogP contribution in [-0.2, 0) is 11.2 Å². The third-order valence-electron chi connectivity index (χ3n) is 4.32. The van der Waals surface area contributed by atoms with E-state index >= 15 is 0 Å². The van der Waals surface area contributed by atoms with E-state index < -0.39 is 10.8 Å². The maximum atomic E-state index is 12.5. The standard InChI is InChI=1S/C17H17N3O4S/c1-11-14-6-8-25-15(14)5-7-19(11)16(21)10-18-17(22)12-3-2-4-13(9-12)20(23)24/h2-4,6,8-9,11H,5,7,10H2,1H3,(H,18,22)/t11-/m1/s1. The van der Waals surface area contributed by atoms with Gasteiger partial charge in [0.15, 0.2) is 0 Å². The Morgan fingerprint density at radius 3 is 2.96 bits per heavy atom. The van der Waals surface area contributed by atoms with Gasteiger partial charge in [-0.05, 0) is 36.4 Å². The van der Waals surface area contributed by atoms with Crippen molar-refractivity contribution in [1.29, 1.82) is 0 Å². The number of nitrogens with zero attached hydrogens (tertiary/aromatic N) is 2. The van der Waals surface area contributed by atoms with Crippen molar-refractivity contribution in [1.82, 2.24) is 10.2 Å². The van der Waals surface area contributed by atoms with Gasteiger partial charge in [0, 0.05) is 29.1 Å².